The van der Waals surface area contributed by atoms with E-state index >= 15 is 0 Å². The van der Waals surface area contributed by atoms with Crippen LogP contribution in [0.4, 0.5) is 0 Å². The van der Waals surface area contributed by atoms with Gasteiger partial charge in [0.2, 0.25) is 0 Å². The van der Waals surface area contributed by atoms with Gasteiger partial charge in [0.25, 0.3) is 0 Å². The Morgan fingerprint density at radius 3 is 2.05 bits per heavy atom. The molecule has 1 aromatic rings. The number of benzene rings is 1. The molecular weight excluding hydrogens is 256 g/mol. The molecule has 3 nitrogen and oxygen atoms in total. The van der Waals surface area contributed by atoms with Gasteiger partial charge >= 0.3 is 8.80 Å². The van der Waals surface area contributed by atoms with E-state index in [9.17, 15) is 0 Å². The Kier molecular flexibility index (Phi) is 7.31. The molecule has 1 aromatic carbocycles. The molecule has 0 aromatic heterocycles. The summed E-state index contributed by atoms with van der Waals surface area (Å²) in [6, 6.07) is 10.5. The number of unbranched alkanes of at least 4 members (excludes halogenated alkanes) is 1. The molecule has 0 amide bonds. The molecule has 1 unspecified atom stereocenters. The molecule has 0 aliphatic carbocycles. The monoisotopic (exact) mass is 282 g/mol. The van der Waals surface area contributed by atoms with Crippen LogP contribution < -0.4 is 0 Å². The van der Waals surface area contributed by atoms with Crippen molar-refractivity contribution in [2.75, 3.05) is 21.3 Å². The van der Waals surface area contributed by atoms with Crippen LogP contribution in [-0.4, -0.2) is 30.1 Å². The van der Waals surface area contributed by atoms with Gasteiger partial charge in [0, 0.05) is 26.9 Å². The molecule has 1 rings (SSSR count). The van der Waals surface area contributed by atoms with Gasteiger partial charge in [0.15, 0.2) is 0 Å². The minimum atomic E-state index is -2.57. The predicted octanol–water partition coefficient (Wildman–Crippen LogP) is 3.67. The molecule has 0 heterocycles. The minimum absolute atomic E-state index is 0.315. The molecule has 19 heavy (non-hydrogen) atoms. The van der Waals surface area contributed by atoms with Crippen LogP contribution in [-0.2, 0) is 19.7 Å². The van der Waals surface area contributed by atoms with Gasteiger partial charge in [0.1, 0.15) is 0 Å². The molecule has 108 valence electrons. The third-order valence-corrected chi connectivity index (χ3v) is 6.78. The standard InChI is InChI=1S/C15H26O3Si/c1-5-6-12-15(19(16-2,17-3)18-4)13-14-10-8-7-9-11-14/h7-11,15H,5-6,12-13H2,1-4H3. The third kappa shape index (κ3) is 4.42. The lowest BCUT2D eigenvalue weighted by atomic mass is 10.1. The van der Waals surface area contributed by atoms with Crippen molar-refractivity contribution in [3.8, 4) is 0 Å². The quantitative estimate of drug-likeness (QED) is 0.647. The molecule has 1 atom stereocenters. The summed E-state index contributed by atoms with van der Waals surface area (Å²) in [4.78, 5) is 0. The van der Waals surface area contributed by atoms with Crippen LogP contribution in [0.15, 0.2) is 30.3 Å². The van der Waals surface area contributed by atoms with E-state index < -0.39 is 8.80 Å². The van der Waals surface area contributed by atoms with Gasteiger partial charge in [-0.15, -0.1) is 0 Å². The van der Waals surface area contributed by atoms with E-state index in [0.717, 1.165) is 12.8 Å². The van der Waals surface area contributed by atoms with Crippen molar-refractivity contribution in [2.45, 2.75) is 38.1 Å². The molecule has 0 fully saturated rings. The molecular formula is C15H26O3Si. The maximum atomic E-state index is 5.66. The van der Waals surface area contributed by atoms with Crippen molar-refractivity contribution in [1.29, 1.82) is 0 Å². The summed E-state index contributed by atoms with van der Waals surface area (Å²) in [7, 11) is 2.53. The largest absolute Gasteiger partial charge is 0.503 e. The number of rotatable bonds is 9. The summed E-state index contributed by atoms with van der Waals surface area (Å²) in [5, 5.41) is 0. The van der Waals surface area contributed by atoms with Gasteiger partial charge in [-0.3, -0.25) is 0 Å². The summed E-state index contributed by atoms with van der Waals surface area (Å²) in [5.74, 6) is 0. The van der Waals surface area contributed by atoms with Crippen molar-refractivity contribution >= 4 is 8.80 Å². The molecule has 0 radical (unpaired) electrons. The second-order valence-electron chi connectivity index (χ2n) is 4.74. The second kappa shape index (κ2) is 8.48. The third-order valence-electron chi connectivity index (χ3n) is 3.58. The Morgan fingerprint density at radius 2 is 1.58 bits per heavy atom. The highest BCUT2D eigenvalue weighted by atomic mass is 28.4. The molecule has 0 spiro atoms. The molecule has 4 heteroatoms. The minimum Gasteiger partial charge on any atom is -0.377 e. The van der Waals surface area contributed by atoms with Crippen molar-refractivity contribution in [3.63, 3.8) is 0 Å². The zero-order valence-electron chi connectivity index (χ0n) is 12.5. The molecule has 0 saturated heterocycles. The lowest BCUT2D eigenvalue weighted by Gasteiger charge is -2.32. The van der Waals surface area contributed by atoms with Crippen LogP contribution in [0.1, 0.15) is 31.7 Å². The smallest absolute Gasteiger partial charge is 0.377 e. The van der Waals surface area contributed by atoms with Gasteiger partial charge in [0.05, 0.1) is 0 Å². The van der Waals surface area contributed by atoms with E-state index in [1.807, 2.05) is 6.07 Å². The lowest BCUT2D eigenvalue weighted by Crippen LogP contribution is -2.48. The lowest BCUT2D eigenvalue weighted by molar-refractivity contribution is 0.109. The molecule has 0 aliphatic heterocycles. The Morgan fingerprint density at radius 1 is 1.00 bits per heavy atom. The fourth-order valence-corrected chi connectivity index (χ4v) is 5.05. The number of hydrogen-bond donors (Lipinski definition) is 0. The first-order valence-corrected chi connectivity index (χ1v) is 8.72. The summed E-state index contributed by atoms with van der Waals surface area (Å²) in [6.07, 6.45) is 4.37. The van der Waals surface area contributed by atoms with E-state index in [2.05, 4.69) is 31.2 Å². The first-order chi connectivity index (χ1) is 9.22. The Labute approximate surface area is 118 Å². The van der Waals surface area contributed by atoms with Crippen molar-refractivity contribution < 1.29 is 13.3 Å². The van der Waals surface area contributed by atoms with Gasteiger partial charge < -0.3 is 13.3 Å². The van der Waals surface area contributed by atoms with E-state index in [1.165, 1.54) is 18.4 Å². The highest BCUT2D eigenvalue weighted by Gasteiger charge is 2.46. The van der Waals surface area contributed by atoms with Crippen LogP contribution in [0.2, 0.25) is 5.54 Å². The van der Waals surface area contributed by atoms with Gasteiger partial charge in [-0.25, -0.2) is 0 Å². The van der Waals surface area contributed by atoms with Crippen LogP contribution in [0.25, 0.3) is 0 Å². The van der Waals surface area contributed by atoms with Gasteiger partial charge in [-0.2, -0.15) is 0 Å². The highest BCUT2D eigenvalue weighted by molar-refractivity contribution is 6.62. The van der Waals surface area contributed by atoms with E-state index in [1.54, 1.807) is 21.3 Å². The Hall–Kier alpha value is -0.683. The van der Waals surface area contributed by atoms with Gasteiger partial charge in [-0.1, -0.05) is 50.1 Å². The average molecular weight is 282 g/mol. The normalized spacial score (nSPS) is 13.5. The van der Waals surface area contributed by atoms with Crippen molar-refractivity contribution in [1.82, 2.24) is 0 Å². The van der Waals surface area contributed by atoms with Crippen LogP contribution in [0, 0.1) is 0 Å². The van der Waals surface area contributed by atoms with Crippen molar-refractivity contribution in [3.05, 3.63) is 35.9 Å². The second-order valence-corrected chi connectivity index (χ2v) is 7.99. The average Bonchev–Trinajstić information content (AvgIpc) is 2.48. The van der Waals surface area contributed by atoms with Crippen LogP contribution >= 0.6 is 0 Å². The maximum Gasteiger partial charge on any atom is 0.503 e. The van der Waals surface area contributed by atoms with Gasteiger partial charge in [-0.05, 0) is 18.4 Å². The first-order valence-electron chi connectivity index (χ1n) is 6.91. The summed E-state index contributed by atoms with van der Waals surface area (Å²) in [6.45, 7) is 2.20. The zero-order chi connectivity index (χ0) is 14.1. The van der Waals surface area contributed by atoms with Crippen LogP contribution in [0.3, 0.4) is 0 Å². The SMILES string of the molecule is CCCCC(Cc1ccccc1)[Si](OC)(OC)OC. The highest BCUT2D eigenvalue weighted by Crippen LogP contribution is 2.32. The molecule has 0 N–H and O–H groups in total. The fourth-order valence-electron chi connectivity index (χ4n) is 2.50. The summed E-state index contributed by atoms with van der Waals surface area (Å²) >= 11 is 0. The van der Waals surface area contributed by atoms with E-state index in [4.69, 9.17) is 13.3 Å². The Bertz CT molecular complexity index is 330. The van der Waals surface area contributed by atoms with Crippen molar-refractivity contribution in [2.24, 2.45) is 0 Å². The Balaban J connectivity index is 2.86. The van der Waals surface area contributed by atoms with Crippen LogP contribution in [0.5, 0.6) is 0 Å². The molecule has 0 saturated carbocycles. The van der Waals surface area contributed by atoms with E-state index in [0.29, 0.717) is 5.54 Å². The maximum absolute atomic E-state index is 5.66. The first kappa shape index (κ1) is 16.4. The molecule has 0 aliphatic rings. The zero-order valence-corrected chi connectivity index (χ0v) is 13.5. The predicted molar refractivity (Wildman–Crippen MR) is 80.2 cm³/mol. The fraction of sp³-hybridized carbons (Fsp3) is 0.600. The summed E-state index contributed by atoms with van der Waals surface area (Å²) < 4.78 is 17.0. The number of hydrogen-bond acceptors (Lipinski definition) is 3. The topological polar surface area (TPSA) is 27.7 Å². The van der Waals surface area contributed by atoms with E-state index in [-0.39, 0.29) is 0 Å². The molecule has 0 bridgehead atoms. The summed E-state index contributed by atoms with van der Waals surface area (Å²) in [5.41, 5.74) is 1.63.